The summed E-state index contributed by atoms with van der Waals surface area (Å²) < 4.78 is 51.5. The topological polar surface area (TPSA) is 105 Å². The molecule has 0 saturated heterocycles. The molecule has 2 rings (SSSR count). The van der Waals surface area contributed by atoms with Gasteiger partial charge >= 0.3 is 18.1 Å². The highest BCUT2D eigenvalue weighted by molar-refractivity contribution is 5.98. The number of hydrogen-bond donors (Lipinski definition) is 3. The zero-order valence-corrected chi connectivity index (χ0v) is 16.4. The van der Waals surface area contributed by atoms with E-state index in [2.05, 4.69) is 5.32 Å². The van der Waals surface area contributed by atoms with E-state index in [-0.39, 0.29) is 37.8 Å². The highest BCUT2D eigenvalue weighted by atomic mass is 19.4. The van der Waals surface area contributed by atoms with E-state index in [1.807, 2.05) is 0 Å². The quantitative estimate of drug-likeness (QED) is 0.554. The van der Waals surface area contributed by atoms with Gasteiger partial charge in [-0.15, -0.1) is 0 Å². The number of carboxylic acids is 2. The molecule has 0 aliphatic carbocycles. The molecule has 0 fully saturated rings. The highest BCUT2D eigenvalue weighted by Gasteiger charge is 2.43. The second kappa shape index (κ2) is 9.77. The first kappa shape index (κ1) is 23.4. The third-order valence-electron chi connectivity index (χ3n) is 4.47. The van der Waals surface area contributed by atoms with Gasteiger partial charge < -0.3 is 25.0 Å². The number of dihydropyridines is 1. The summed E-state index contributed by atoms with van der Waals surface area (Å²) in [4.78, 5) is 24.2. The number of nitrogens with one attached hydrogen (secondary N) is 1. The predicted octanol–water partition coefficient (Wildman–Crippen LogP) is 3.14. The average Bonchev–Trinajstić information content (AvgIpc) is 2.68. The molecule has 0 spiro atoms. The number of carbonyl (C=O) groups is 2. The van der Waals surface area contributed by atoms with Gasteiger partial charge in [0.1, 0.15) is 0 Å². The Morgan fingerprint density at radius 1 is 0.967 bits per heavy atom. The van der Waals surface area contributed by atoms with Gasteiger partial charge in [-0.25, -0.2) is 9.59 Å². The van der Waals surface area contributed by atoms with Crippen LogP contribution in [0.15, 0.2) is 46.8 Å². The Labute approximate surface area is 170 Å². The fourth-order valence-corrected chi connectivity index (χ4v) is 3.27. The lowest BCUT2D eigenvalue weighted by atomic mass is 9.78. The molecule has 10 heteroatoms. The van der Waals surface area contributed by atoms with Crippen molar-refractivity contribution >= 4 is 11.9 Å². The molecule has 30 heavy (non-hydrogen) atoms. The van der Waals surface area contributed by atoms with Gasteiger partial charge in [-0.3, -0.25) is 0 Å². The second-order valence-corrected chi connectivity index (χ2v) is 6.31. The number of rotatable bonds is 9. The summed E-state index contributed by atoms with van der Waals surface area (Å²) in [6.45, 7) is 3.28. The Morgan fingerprint density at radius 3 is 1.83 bits per heavy atom. The van der Waals surface area contributed by atoms with E-state index in [9.17, 15) is 33.0 Å². The van der Waals surface area contributed by atoms with Crippen molar-refractivity contribution in [2.24, 2.45) is 0 Å². The fraction of sp³-hybridized carbons (Fsp3) is 0.400. The summed E-state index contributed by atoms with van der Waals surface area (Å²) in [6.07, 6.45) is -4.81. The Kier molecular flexibility index (Phi) is 7.63. The van der Waals surface area contributed by atoms with Crippen LogP contribution in [0.4, 0.5) is 13.2 Å². The van der Waals surface area contributed by atoms with Crippen molar-refractivity contribution < 1.29 is 42.4 Å². The minimum Gasteiger partial charge on any atom is -0.478 e. The van der Waals surface area contributed by atoms with Gasteiger partial charge in [0.2, 0.25) is 0 Å². The van der Waals surface area contributed by atoms with Crippen molar-refractivity contribution in [2.45, 2.75) is 25.9 Å². The Bertz CT molecular complexity index is 834. The molecular weight excluding hydrogens is 407 g/mol. The third-order valence-corrected chi connectivity index (χ3v) is 4.47. The highest BCUT2D eigenvalue weighted by Crippen LogP contribution is 2.44. The molecule has 1 aromatic carbocycles. The van der Waals surface area contributed by atoms with Crippen molar-refractivity contribution in [3.05, 3.63) is 57.9 Å². The minimum atomic E-state index is -4.81. The zero-order valence-electron chi connectivity index (χ0n) is 16.4. The number of hydrogen-bond acceptors (Lipinski definition) is 5. The predicted molar refractivity (Wildman–Crippen MR) is 99.6 cm³/mol. The summed E-state index contributed by atoms with van der Waals surface area (Å²) in [6, 6.07) is 4.34. The van der Waals surface area contributed by atoms with Crippen molar-refractivity contribution in [1.29, 1.82) is 0 Å². The van der Waals surface area contributed by atoms with Gasteiger partial charge in [-0.05, 0) is 25.5 Å². The van der Waals surface area contributed by atoms with Crippen LogP contribution in [-0.2, 0) is 25.2 Å². The van der Waals surface area contributed by atoms with E-state index in [1.165, 1.54) is 6.07 Å². The SMILES string of the molecule is CCOCC1=C(C(=O)O)C(c2ccccc2C(F)(F)F)C(C(=O)O)=C(COCC)N1. The van der Waals surface area contributed by atoms with Gasteiger partial charge in [0.05, 0.1) is 47.2 Å². The Hall–Kier alpha value is -2.85. The number of aliphatic carboxylic acids is 2. The molecule has 0 radical (unpaired) electrons. The molecule has 1 heterocycles. The number of carboxylic acid groups (broad SMARTS) is 2. The first-order valence-corrected chi connectivity index (χ1v) is 9.14. The lowest BCUT2D eigenvalue weighted by Gasteiger charge is -2.32. The van der Waals surface area contributed by atoms with Crippen molar-refractivity contribution in [2.75, 3.05) is 26.4 Å². The minimum absolute atomic E-state index is 0.0222. The number of ether oxygens (including phenoxy) is 2. The Morgan fingerprint density at radius 2 is 1.43 bits per heavy atom. The molecular formula is C20H22F3NO6. The number of halogens is 3. The number of benzene rings is 1. The van der Waals surface area contributed by atoms with Crippen LogP contribution in [0.25, 0.3) is 0 Å². The maximum absolute atomic E-state index is 13.7. The molecule has 7 nitrogen and oxygen atoms in total. The van der Waals surface area contributed by atoms with Crippen molar-refractivity contribution in [3.8, 4) is 0 Å². The molecule has 1 aliphatic heterocycles. The van der Waals surface area contributed by atoms with Crippen LogP contribution >= 0.6 is 0 Å². The van der Waals surface area contributed by atoms with E-state index >= 15 is 0 Å². The van der Waals surface area contributed by atoms with Gasteiger partial charge in [-0.2, -0.15) is 13.2 Å². The molecule has 0 atom stereocenters. The molecule has 0 saturated carbocycles. The summed E-state index contributed by atoms with van der Waals surface area (Å²) in [5.41, 5.74) is -2.65. The van der Waals surface area contributed by atoms with Crippen LogP contribution < -0.4 is 5.32 Å². The standard InChI is InChI=1S/C20H22F3NO6/c1-3-29-9-13-16(18(25)26)15(11-7-5-6-8-12(11)20(21,22)23)17(19(27)28)14(24-13)10-30-4-2/h5-8,15,24H,3-4,9-10H2,1-2H3,(H,25,26)(H,27,28). The van der Waals surface area contributed by atoms with Crippen LogP contribution in [0.1, 0.15) is 30.9 Å². The molecule has 0 unspecified atom stereocenters. The fourth-order valence-electron chi connectivity index (χ4n) is 3.27. The molecule has 164 valence electrons. The van der Waals surface area contributed by atoms with Gasteiger partial charge in [0.25, 0.3) is 0 Å². The first-order valence-electron chi connectivity index (χ1n) is 9.14. The van der Waals surface area contributed by atoms with Crippen LogP contribution in [0.3, 0.4) is 0 Å². The normalized spacial score (nSPS) is 15.4. The summed E-state index contributed by atoms with van der Waals surface area (Å²) >= 11 is 0. The maximum Gasteiger partial charge on any atom is 0.416 e. The van der Waals surface area contributed by atoms with E-state index in [4.69, 9.17) is 9.47 Å². The smallest absolute Gasteiger partial charge is 0.416 e. The maximum atomic E-state index is 13.7. The van der Waals surface area contributed by atoms with Crippen LogP contribution in [0, 0.1) is 0 Å². The van der Waals surface area contributed by atoms with Crippen molar-refractivity contribution in [3.63, 3.8) is 0 Å². The van der Waals surface area contributed by atoms with Gasteiger partial charge in [0, 0.05) is 13.2 Å². The summed E-state index contributed by atoms with van der Waals surface area (Å²) in [5, 5.41) is 22.3. The monoisotopic (exact) mass is 429 g/mol. The van der Waals surface area contributed by atoms with E-state index < -0.39 is 46.3 Å². The summed E-state index contributed by atoms with van der Waals surface area (Å²) in [7, 11) is 0. The molecule has 1 aliphatic rings. The molecule has 1 aromatic rings. The lowest BCUT2D eigenvalue weighted by molar-refractivity contribution is -0.139. The third kappa shape index (κ3) is 5.00. The Balaban J connectivity index is 2.83. The van der Waals surface area contributed by atoms with Gasteiger partial charge in [-0.1, -0.05) is 18.2 Å². The molecule has 0 amide bonds. The lowest BCUT2D eigenvalue weighted by Crippen LogP contribution is -2.36. The van der Waals surface area contributed by atoms with Crippen LogP contribution in [-0.4, -0.2) is 48.6 Å². The average molecular weight is 429 g/mol. The van der Waals surface area contributed by atoms with E-state index in [0.717, 1.165) is 18.2 Å². The van der Waals surface area contributed by atoms with Crippen LogP contribution in [0.2, 0.25) is 0 Å². The summed E-state index contributed by atoms with van der Waals surface area (Å²) in [5.74, 6) is -4.77. The zero-order chi connectivity index (χ0) is 22.5. The molecule has 0 bridgehead atoms. The first-order chi connectivity index (χ1) is 14.1. The molecule has 3 N–H and O–H groups in total. The number of alkyl halides is 3. The van der Waals surface area contributed by atoms with E-state index in [0.29, 0.717) is 0 Å². The molecule has 0 aromatic heterocycles. The van der Waals surface area contributed by atoms with Gasteiger partial charge in [0.15, 0.2) is 0 Å². The van der Waals surface area contributed by atoms with Crippen LogP contribution in [0.5, 0.6) is 0 Å². The largest absolute Gasteiger partial charge is 0.478 e. The second-order valence-electron chi connectivity index (χ2n) is 6.31. The van der Waals surface area contributed by atoms with Crippen molar-refractivity contribution in [1.82, 2.24) is 5.32 Å². The van der Waals surface area contributed by atoms with E-state index in [1.54, 1.807) is 13.8 Å².